The Morgan fingerprint density at radius 1 is 1.44 bits per heavy atom. The van der Waals surface area contributed by atoms with Crippen LogP contribution in [0.3, 0.4) is 0 Å². The summed E-state index contributed by atoms with van der Waals surface area (Å²) in [7, 11) is 0. The number of amides is 1. The topological polar surface area (TPSA) is 80.9 Å². The summed E-state index contributed by atoms with van der Waals surface area (Å²) in [5, 5.41) is 8.72. The predicted molar refractivity (Wildman–Crippen MR) is 56.3 cm³/mol. The molecule has 0 aliphatic carbocycles. The van der Waals surface area contributed by atoms with Gasteiger partial charge in [-0.2, -0.15) is 0 Å². The molecule has 1 aromatic heterocycles. The number of carbonyl (C=O) groups excluding carboxylic acids is 1. The normalized spacial score (nSPS) is 14.9. The van der Waals surface area contributed by atoms with Gasteiger partial charge in [0, 0.05) is 6.04 Å². The van der Waals surface area contributed by atoms with Crippen LogP contribution in [-0.2, 0) is 4.79 Å². The average molecular weight is 250 g/mol. The fourth-order valence-electron chi connectivity index (χ4n) is 0.831. The van der Waals surface area contributed by atoms with E-state index in [2.05, 4.69) is 15.5 Å². The Balaban J connectivity index is 2.63. The van der Waals surface area contributed by atoms with E-state index in [-0.39, 0.29) is 17.1 Å². The fourth-order valence-corrected chi connectivity index (χ4v) is 1.43. The molecule has 2 atom stereocenters. The van der Waals surface area contributed by atoms with E-state index in [1.54, 1.807) is 13.8 Å². The summed E-state index contributed by atoms with van der Waals surface area (Å²) in [6, 6.07) is -0.317. The summed E-state index contributed by atoms with van der Waals surface area (Å²) in [6.07, 6.45) is -2.67. The molecule has 1 heterocycles. The zero-order chi connectivity index (χ0) is 12.3. The Bertz CT molecular complexity index is 369. The number of aromatic nitrogens is 2. The Labute approximate surface area is 95.1 Å². The van der Waals surface area contributed by atoms with Crippen molar-refractivity contribution in [2.24, 2.45) is 11.7 Å². The van der Waals surface area contributed by atoms with Gasteiger partial charge >= 0.3 is 0 Å². The second-order valence-corrected chi connectivity index (χ2v) is 4.39. The monoisotopic (exact) mass is 250 g/mol. The molecule has 1 aromatic rings. The van der Waals surface area contributed by atoms with E-state index in [1.807, 2.05) is 0 Å². The van der Waals surface area contributed by atoms with Gasteiger partial charge in [-0.25, -0.2) is 8.78 Å². The standard InChI is InChI=1S/C8H12F2N4OS/c1-3(4(2)11)6(15)12-8-14-13-7(16-8)5(9)10/h3-5H,11H2,1-2H3,(H,12,14,15). The highest BCUT2D eigenvalue weighted by molar-refractivity contribution is 7.15. The van der Waals surface area contributed by atoms with Crippen molar-refractivity contribution in [1.82, 2.24) is 10.2 Å². The minimum absolute atomic E-state index is 0.0628. The van der Waals surface area contributed by atoms with Gasteiger partial charge in [-0.1, -0.05) is 18.3 Å². The summed E-state index contributed by atoms with van der Waals surface area (Å²) in [5.74, 6) is -0.772. The molecule has 0 radical (unpaired) electrons. The van der Waals surface area contributed by atoms with Crippen LogP contribution >= 0.6 is 11.3 Å². The molecule has 1 amide bonds. The lowest BCUT2D eigenvalue weighted by Crippen LogP contribution is -2.34. The summed E-state index contributed by atoms with van der Waals surface area (Å²) in [4.78, 5) is 11.5. The van der Waals surface area contributed by atoms with E-state index < -0.39 is 17.4 Å². The number of anilines is 1. The van der Waals surface area contributed by atoms with Crippen LogP contribution in [0.4, 0.5) is 13.9 Å². The Morgan fingerprint density at radius 3 is 2.50 bits per heavy atom. The van der Waals surface area contributed by atoms with E-state index in [0.717, 1.165) is 0 Å². The highest BCUT2D eigenvalue weighted by Crippen LogP contribution is 2.25. The lowest BCUT2D eigenvalue weighted by Gasteiger charge is -2.13. The lowest BCUT2D eigenvalue weighted by molar-refractivity contribution is -0.119. The van der Waals surface area contributed by atoms with E-state index >= 15 is 0 Å². The molecule has 0 saturated heterocycles. The van der Waals surface area contributed by atoms with E-state index in [1.165, 1.54) is 0 Å². The fraction of sp³-hybridized carbons (Fsp3) is 0.625. The Hall–Kier alpha value is -1.15. The molecule has 1 rings (SSSR count). The summed E-state index contributed by atoms with van der Waals surface area (Å²) in [6.45, 7) is 3.34. The Morgan fingerprint density at radius 2 is 2.06 bits per heavy atom. The molecule has 0 fully saturated rings. The maximum atomic E-state index is 12.2. The van der Waals surface area contributed by atoms with E-state index in [4.69, 9.17) is 5.73 Å². The molecular weight excluding hydrogens is 238 g/mol. The molecule has 0 spiro atoms. The maximum Gasteiger partial charge on any atom is 0.291 e. The third-order valence-electron chi connectivity index (χ3n) is 2.06. The van der Waals surface area contributed by atoms with Crippen molar-refractivity contribution in [2.75, 3.05) is 5.32 Å². The first-order chi connectivity index (χ1) is 7.41. The Kier molecular flexibility index (Phi) is 4.25. The third-order valence-corrected chi connectivity index (χ3v) is 2.91. The molecule has 3 N–H and O–H groups in total. The van der Waals surface area contributed by atoms with Crippen LogP contribution in [0.2, 0.25) is 0 Å². The van der Waals surface area contributed by atoms with Gasteiger partial charge < -0.3 is 11.1 Å². The van der Waals surface area contributed by atoms with Gasteiger partial charge in [0.1, 0.15) is 0 Å². The van der Waals surface area contributed by atoms with Crippen molar-refractivity contribution in [2.45, 2.75) is 26.3 Å². The molecule has 16 heavy (non-hydrogen) atoms. The first-order valence-corrected chi connectivity index (χ1v) is 5.41. The van der Waals surface area contributed by atoms with Gasteiger partial charge in [0.05, 0.1) is 5.92 Å². The summed E-state index contributed by atoms with van der Waals surface area (Å²) < 4.78 is 24.4. The quantitative estimate of drug-likeness (QED) is 0.846. The number of rotatable bonds is 4. The number of nitrogens with one attached hydrogen (secondary N) is 1. The molecule has 0 saturated carbocycles. The molecular formula is C8H12F2N4OS. The number of carbonyl (C=O) groups is 1. The van der Waals surface area contributed by atoms with E-state index in [9.17, 15) is 13.6 Å². The molecule has 0 aliphatic rings. The first kappa shape index (κ1) is 12.9. The highest BCUT2D eigenvalue weighted by Gasteiger charge is 2.20. The molecule has 8 heteroatoms. The SMILES string of the molecule is CC(N)C(C)C(=O)Nc1nnc(C(F)F)s1. The van der Waals surface area contributed by atoms with Gasteiger partial charge in [0.2, 0.25) is 11.0 Å². The van der Waals surface area contributed by atoms with Gasteiger partial charge in [-0.3, -0.25) is 4.79 Å². The number of nitrogens with two attached hydrogens (primary N) is 1. The largest absolute Gasteiger partial charge is 0.327 e. The van der Waals surface area contributed by atoms with Crippen LogP contribution in [0.1, 0.15) is 25.3 Å². The second-order valence-electron chi connectivity index (χ2n) is 3.38. The summed E-state index contributed by atoms with van der Waals surface area (Å²) in [5.41, 5.74) is 5.53. The molecule has 2 unspecified atom stereocenters. The molecule has 90 valence electrons. The average Bonchev–Trinajstić information content (AvgIpc) is 2.64. The minimum Gasteiger partial charge on any atom is -0.327 e. The van der Waals surface area contributed by atoms with Crippen LogP contribution < -0.4 is 11.1 Å². The van der Waals surface area contributed by atoms with Gasteiger partial charge in [-0.05, 0) is 6.92 Å². The van der Waals surface area contributed by atoms with Gasteiger partial charge in [-0.15, -0.1) is 10.2 Å². The van der Waals surface area contributed by atoms with Crippen molar-refractivity contribution in [3.05, 3.63) is 5.01 Å². The minimum atomic E-state index is -2.67. The third kappa shape index (κ3) is 3.17. The van der Waals surface area contributed by atoms with Crippen LogP contribution in [0.25, 0.3) is 0 Å². The molecule has 0 aliphatic heterocycles. The number of halogens is 2. The molecule has 0 bridgehead atoms. The van der Waals surface area contributed by atoms with Crippen LogP contribution in [-0.4, -0.2) is 22.1 Å². The lowest BCUT2D eigenvalue weighted by atomic mass is 10.0. The zero-order valence-electron chi connectivity index (χ0n) is 8.78. The van der Waals surface area contributed by atoms with Crippen molar-refractivity contribution in [3.8, 4) is 0 Å². The maximum absolute atomic E-state index is 12.2. The molecule has 0 aromatic carbocycles. The highest BCUT2D eigenvalue weighted by atomic mass is 32.1. The van der Waals surface area contributed by atoms with Crippen LogP contribution in [0.5, 0.6) is 0 Å². The smallest absolute Gasteiger partial charge is 0.291 e. The van der Waals surface area contributed by atoms with Crippen molar-refractivity contribution in [1.29, 1.82) is 0 Å². The van der Waals surface area contributed by atoms with Crippen molar-refractivity contribution in [3.63, 3.8) is 0 Å². The van der Waals surface area contributed by atoms with Crippen molar-refractivity contribution >= 4 is 22.4 Å². The van der Waals surface area contributed by atoms with Crippen molar-refractivity contribution < 1.29 is 13.6 Å². The molecule has 5 nitrogen and oxygen atoms in total. The van der Waals surface area contributed by atoms with Gasteiger partial charge in [0.15, 0.2) is 5.01 Å². The van der Waals surface area contributed by atoms with Crippen LogP contribution in [0.15, 0.2) is 0 Å². The van der Waals surface area contributed by atoms with Crippen LogP contribution in [0, 0.1) is 5.92 Å². The van der Waals surface area contributed by atoms with Gasteiger partial charge in [0.25, 0.3) is 6.43 Å². The number of hydrogen-bond acceptors (Lipinski definition) is 5. The number of nitrogens with zero attached hydrogens (tertiary/aromatic N) is 2. The van der Waals surface area contributed by atoms with E-state index in [0.29, 0.717) is 11.3 Å². The number of hydrogen-bond donors (Lipinski definition) is 2. The predicted octanol–water partition coefficient (Wildman–Crippen LogP) is 1.40. The first-order valence-electron chi connectivity index (χ1n) is 4.59. The summed E-state index contributed by atoms with van der Waals surface area (Å²) >= 11 is 0.653. The number of alkyl halides is 2. The zero-order valence-corrected chi connectivity index (χ0v) is 9.59. The second kappa shape index (κ2) is 5.26.